The number of Topliss-reactive ketones (excluding diaryl/α,β-unsaturated/α-hetero) is 1. The number of ether oxygens (including phenoxy) is 2. The van der Waals surface area contributed by atoms with Gasteiger partial charge in [-0.25, -0.2) is 0 Å². The molecule has 7 heteroatoms. The maximum absolute atomic E-state index is 12.4. The van der Waals surface area contributed by atoms with Gasteiger partial charge in [-0.3, -0.25) is 4.79 Å². The number of rotatable bonds is 3. The molecule has 2 bridgehead atoms. The van der Waals surface area contributed by atoms with E-state index in [9.17, 15) is 25.2 Å². The average molecular weight is 330 g/mol. The lowest BCUT2D eigenvalue weighted by Crippen LogP contribution is -2.60. The maximum Gasteiger partial charge on any atom is 0.187 e. The van der Waals surface area contributed by atoms with E-state index in [0.29, 0.717) is 12.8 Å². The fraction of sp³-hybridized carbons (Fsp3) is 0.938. The second-order valence-corrected chi connectivity index (χ2v) is 7.81. The highest BCUT2D eigenvalue weighted by atomic mass is 16.7. The Balaban J connectivity index is 1.79. The molecule has 7 nitrogen and oxygen atoms in total. The second-order valence-electron chi connectivity index (χ2n) is 7.81. The molecule has 0 radical (unpaired) electrons. The topological polar surface area (TPSA) is 116 Å². The van der Waals surface area contributed by atoms with Crippen LogP contribution in [0.5, 0.6) is 0 Å². The molecule has 0 amide bonds. The number of fused-ring (bicyclic) bond motifs is 2. The number of hydrogen-bond acceptors (Lipinski definition) is 7. The summed E-state index contributed by atoms with van der Waals surface area (Å²) < 4.78 is 11.3. The van der Waals surface area contributed by atoms with E-state index in [2.05, 4.69) is 13.8 Å². The Morgan fingerprint density at radius 2 is 1.83 bits per heavy atom. The van der Waals surface area contributed by atoms with Crippen LogP contribution in [0.15, 0.2) is 0 Å². The normalized spacial score (nSPS) is 52.1. The van der Waals surface area contributed by atoms with Crippen molar-refractivity contribution in [1.82, 2.24) is 0 Å². The number of hydrogen-bond donors (Lipinski definition) is 4. The fourth-order valence-corrected chi connectivity index (χ4v) is 4.47. The van der Waals surface area contributed by atoms with Crippen molar-refractivity contribution >= 4 is 5.78 Å². The van der Waals surface area contributed by atoms with E-state index in [0.717, 1.165) is 0 Å². The van der Waals surface area contributed by atoms with Crippen molar-refractivity contribution in [2.75, 3.05) is 6.61 Å². The van der Waals surface area contributed by atoms with Crippen LogP contribution in [0.2, 0.25) is 0 Å². The largest absolute Gasteiger partial charge is 0.394 e. The van der Waals surface area contributed by atoms with E-state index in [-0.39, 0.29) is 17.1 Å². The molecule has 0 aromatic rings. The van der Waals surface area contributed by atoms with Gasteiger partial charge in [0.05, 0.1) is 18.1 Å². The molecule has 2 aliphatic carbocycles. The molecule has 1 heterocycles. The Morgan fingerprint density at radius 3 is 2.35 bits per heavy atom. The Kier molecular flexibility index (Phi) is 4.11. The van der Waals surface area contributed by atoms with E-state index in [1.807, 2.05) is 6.92 Å². The molecule has 0 aromatic heterocycles. The van der Waals surface area contributed by atoms with Crippen molar-refractivity contribution in [3.63, 3.8) is 0 Å². The summed E-state index contributed by atoms with van der Waals surface area (Å²) in [5.74, 6) is 0.364. The highest BCUT2D eigenvalue weighted by Crippen LogP contribution is 2.64. The molecular weight excluding hydrogens is 304 g/mol. The van der Waals surface area contributed by atoms with Gasteiger partial charge in [-0.1, -0.05) is 13.8 Å². The third kappa shape index (κ3) is 2.22. The van der Waals surface area contributed by atoms with E-state index in [1.165, 1.54) is 0 Å². The number of aliphatic hydroxyl groups is 4. The molecular formula is C16H26O7. The Hall–Kier alpha value is -0.570. The van der Waals surface area contributed by atoms with Crippen molar-refractivity contribution in [1.29, 1.82) is 0 Å². The molecule has 2 saturated carbocycles. The first-order chi connectivity index (χ1) is 10.6. The minimum atomic E-state index is -1.47. The lowest BCUT2D eigenvalue weighted by Gasteiger charge is -2.43. The predicted molar refractivity (Wildman–Crippen MR) is 78.3 cm³/mol. The summed E-state index contributed by atoms with van der Waals surface area (Å²) in [6.07, 6.45) is -5.71. The van der Waals surface area contributed by atoms with Crippen LogP contribution in [0, 0.1) is 16.7 Å². The van der Waals surface area contributed by atoms with E-state index in [4.69, 9.17) is 9.47 Å². The van der Waals surface area contributed by atoms with Crippen molar-refractivity contribution in [3.05, 3.63) is 0 Å². The van der Waals surface area contributed by atoms with Gasteiger partial charge in [0.25, 0.3) is 0 Å². The van der Waals surface area contributed by atoms with Gasteiger partial charge in [0, 0.05) is 6.42 Å². The third-order valence-corrected chi connectivity index (χ3v) is 6.66. The van der Waals surface area contributed by atoms with Crippen LogP contribution >= 0.6 is 0 Å². The Labute approximate surface area is 135 Å². The molecule has 23 heavy (non-hydrogen) atoms. The van der Waals surface area contributed by atoms with Crippen LogP contribution in [-0.4, -0.2) is 69.6 Å². The first-order valence-electron chi connectivity index (χ1n) is 8.13. The van der Waals surface area contributed by atoms with Crippen molar-refractivity contribution < 1.29 is 34.7 Å². The zero-order valence-corrected chi connectivity index (χ0v) is 13.7. The van der Waals surface area contributed by atoms with Crippen molar-refractivity contribution in [2.45, 2.75) is 70.4 Å². The molecule has 8 atom stereocenters. The molecule has 3 aliphatic rings. The molecule has 132 valence electrons. The molecule has 3 fully saturated rings. The monoisotopic (exact) mass is 330 g/mol. The van der Waals surface area contributed by atoms with Crippen molar-refractivity contribution in [2.24, 2.45) is 16.7 Å². The van der Waals surface area contributed by atoms with Gasteiger partial charge in [0.15, 0.2) is 6.29 Å². The van der Waals surface area contributed by atoms with Gasteiger partial charge in [-0.05, 0) is 24.7 Å². The summed E-state index contributed by atoms with van der Waals surface area (Å²) in [6, 6.07) is 0. The van der Waals surface area contributed by atoms with Gasteiger partial charge < -0.3 is 29.9 Å². The first kappa shape index (κ1) is 17.3. The highest BCUT2D eigenvalue weighted by molar-refractivity contribution is 5.90. The minimum Gasteiger partial charge on any atom is -0.394 e. The number of carbonyl (C=O) groups excluding carboxylic acids is 1. The first-order valence-corrected chi connectivity index (χ1v) is 8.13. The zero-order chi connectivity index (χ0) is 17.2. The molecule has 3 rings (SSSR count). The molecule has 4 N–H and O–H groups in total. The highest BCUT2D eigenvalue weighted by Gasteiger charge is 2.67. The van der Waals surface area contributed by atoms with Gasteiger partial charge in [0.2, 0.25) is 0 Å². The molecule has 8 unspecified atom stereocenters. The number of aliphatic hydroxyl groups excluding tert-OH is 4. The van der Waals surface area contributed by atoms with Gasteiger partial charge in [0.1, 0.15) is 30.2 Å². The van der Waals surface area contributed by atoms with Crippen molar-refractivity contribution in [3.8, 4) is 0 Å². The molecule has 0 spiro atoms. The summed E-state index contributed by atoms with van der Waals surface area (Å²) in [5, 5.41) is 39.0. The molecule has 1 saturated heterocycles. The quantitative estimate of drug-likeness (QED) is 0.535. The fourth-order valence-electron chi connectivity index (χ4n) is 4.47. The summed E-state index contributed by atoms with van der Waals surface area (Å²) in [6.45, 7) is 5.50. The van der Waals surface area contributed by atoms with E-state index < -0.39 is 48.8 Å². The van der Waals surface area contributed by atoms with Gasteiger partial charge in [-0.2, -0.15) is 0 Å². The van der Waals surface area contributed by atoms with Crippen LogP contribution in [0.4, 0.5) is 0 Å². The van der Waals surface area contributed by atoms with Crippen LogP contribution in [0.3, 0.4) is 0 Å². The van der Waals surface area contributed by atoms with Crippen LogP contribution in [0.1, 0.15) is 33.6 Å². The predicted octanol–water partition coefficient (Wildman–Crippen LogP) is -0.803. The summed E-state index contributed by atoms with van der Waals surface area (Å²) >= 11 is 0. The Morgan fingerprint density at radius 1 is 1.17 bits per heavy atom. The lowest BCUT2D eigenvalue weighted by molar-refractivity contribution is -0.317. The lowest BCUT2D eigenvalue weighted by atomic mass is 9.69. The average Bonchev–Trinajstić information content (AvgIpc) is 2.79. The Bertz CT molecular complexity index is 491. The zero-order valence-electron chi connectivity index (χ0n) is 13.7. The van der Waals surface area contributed by atoms with E-state index in [1.54, 1.807) is 0 Å². The smallest absolute Gasteiger partial charge is 0.187 e. The van der Waals surface area contributed by atoms with E-state index >= 15 is 0 Å². The second kappa shape index (κ2) is 5.47. The molecule has 1 aliphatic heterocycles. The van der Waals surface area contributed by atoms with Gasteiger partial charge >= 0.3 is 0 Å². The standard InChI is InChI=1S/C16H26O7/c1-15(2)7-4-9(18)16(15,3)10(5-7)23-14-13(21)12(20)11(19)8(6-17)22-14/h7-8,10-14,17,19-21H,4-6H2,1-3H3. The summed E-state index contributed by atoms with van der Waals surface area (Å²) in [7, 11) is 0. The summed E-state index contributed by atoms with van der Waals surface area (Å²) in [5.41, 5.74) is -0.876. The SMILES string of the molecule is CC1(C)C2CC(=O)C1(C)C(OC1OC(CO)C(O)C(O)C1O)C2. The van der Waals surface area contributed by atoms with Crippen LogP contribution in [0.25, 0.3) is 0 Å². The van der Waals surface area contributed by atoms with Gasteiger partial charge in [-0.15, -0.1) is 0 Å². The van der Waals surface area contributed by atoms with Crippen LogP contribution in [-0.2, 0) is 14.3 Å². The number of carbonyl (C=O) groups is 1. The third-order valence-electron chi connectivity index (χ3n) is 6.66. The number of ketones is 1. The van der Waals surface area contributed by atoms with Crippen LogP contribution < -0.4 is 0 Å². The molecule has 0 aromatic carbocycles. The summed E-state index contributed by atoms with van der Waals surface area (Å²) in [4.78, 5) is 12.4. The maximum atomic E-state index is 12.4. The minimum absolute atomic E-state index is 0.147.